The van der Waals surface area contributed by atoms with Gasteiger partial charge in [-0.2, -0.15) is 5.26 Å². The van der Waals surface area contributed by atoms with Crippen molar-refractivity contribution in [3.63, 3.8) is 0 Å². The van der Waals surface area contributed by atoms with E-state index in [0.717, 1.165) is 16.8 Å². The summed E-state index contributed by atoms with van der Waals surface area (Å²) in [6, 6.07) is 7.49. The minimum Gasteiger partial charge on any atom is -0.381 e. The normalized spacial score (nSPS) is 17.8. The Labute approximate surface area is 99.7 Å². The highest BCUT2D eigenvalue weighted by Crippen LogP contribution is 2.33. The maximum absolute atomic E-state index is 10.9. The first-order valence-electron chi connectivity index (χ1n) is 5.37. The van der Waals surface area contributed by atoms with Crippen molar-refractivity contribution >= 4 is 17.2 Å². The lowest BCUT2D eigenvalue weighted by Crippen LogP contribution is -2.30. The van der Waals surface area contributed by atoms with E-state index in [2.05, 4.69) is 18.0 Å². The zero-order chi connectivity index (χ0) is 12.4. The third-order valence-electron chi connectivity index (χ3n) is 2.83. The molecule has 0 aliphatic carbocycles. The SMILES string of the molecule is C=C1CC(CC(N)=O)Nc2ccc(C#N)cc21. The molecular formula is C13H13N3O. The van der Waals surface area contributed by atoms with Crippen molar-refractivity contribution in [2.24, 2.45) is 5.73 Å². The number of nitrogens with one attached hydrogen (secondary N) is 1. The Hall–Kier alpha value is -2.28. The van der Waals surface area contributed by atoms with Gasteiger partial charge in [0.25, 0.3) is 0 Å². The highest BCUT2D eigenvalue weighted by atomic mass is 16.1. The Morgan fingerprint density at radius 1 is 1.65 bits per heavy atom. The molecule has 1 aromatic rings. The molecule has 0 aromatic heterocycles. The summed E-state index contributed by atoms with van der Waals surface area (Å²) in [5.41, 5.74) is 8.58. The number of benzene rings is 1. The number of rotatable bonds is 2. The van der Waals surface area contributed by atoms with Crippen LogP contribution in [0.2, 0.25) is 0 Å². The van der Waals surface area contributed by atoms with E-state index in [9.17, 15) is 4.79 Å². The lowest BCUT2D eigenvalue weighted by Gasteiger charge is -2.28. The van der Waals surface area contributed by atoms with Crippen molar-refractivity contribution in [1.29, 1.82) is 5.26 Å². The molecule has 4 nitrogen and oxygen atoms in total. The third-order valence-corrected chi connectivity index (χ3v) is 2.83. The van der Waals surface area contributed by atoms with Crippen LogP contribution in [0.4, 0.5) is 5.69 Å². The molecule has 1 aromatic carbocycles. The topological polar surface area (TPSA) is 78.9 Å². The highest BCUT2D eigenvalue weighted by molar-refractivity contribution is 5.82. The first-order chi connectivity index (χ1) is 8.10. The van der Waals surface area contributed by atoms with E-state index >= 15 is 0 Å². The van der Waals surface area contributed by atoms with Crippen molar-refractivity contribution in [2.45, 2.75) is 18.9 Å². The Morgan fingerprint density at radius 2 is 2.41 bits per heavy atom. The predicted octanol–water partition coefficient (Wildman–Crippen LogP) is 1.63. The standard InChI is InChI=1S/C13H13N3O/c1-8-4-10(6-13(15)17)16-12-3-2-9(7-14)5-11(8)12/h2-3,5,10,16H,1,4,6H2,(H2,15,17). The highest BCUT2D eigenvalue weighted by Gasteiger charge is 2.21. The van der Waals surface area contributed by atoms with E-state index in [1.54, 1.807) is 6.07 Å². The number of fused-ring (bicyclic) bond motifs is 1. The number of carbonyl (C=O) groups is 1. The molecule has 0 fully saturated rings. The fourth-order valence-corrected chi connectivity index (χ4v) is 2.08. The van der Waals surface area contributed by atoms with E-state index < -0.39 is 0 Å². The molecule has 1 aliphatic heterocycles. The van der Waals surface area contributed by atoms with Crippen LogP contribution in [0, 0.1) is 11.3 Å². The predicted molar refractivity (Wildman–Crippen MR) is 66.0 cm³/mol. The second-order valence-electron chi connectivity index (χ2n) is 4.19. The molecule has 0 radical (unpaired) electrons. The second-order valence-corrected chi connectivity index (χ2v) is 4.19. The van der Waals surface area contributed by atoms with Crippen LogP contribution in [-0.4, -0.2) is 11.9 Å². The number of hydrogen-bond donors (Lipinski definition) is 2. The number of hydrogen-bond acceptors (Lipinski definition) is 3. The minimum absolute atomic E-state index is 0.000403. The quantitative estimate of drug-likeness (QED) is 0.806. The monoisotopic (exact) mass is 227 g/mol. The van der Waals surface area contributed by atoms with Crippen LogP contribution in [0.25, 0.3) is 5.57 Å². The van der Waals surface area contributed by atoms with Gasteiger partial charge in [-0.3, -0.25) is 4.79 Å². The van der Waals surface area contributed by atoms with Gasteiger partial charge in [0.1, 0.15) is 0 Å². The molecule has 2 rings (SSSR count). The van der Waals surface area contributed by atoms with Gasteiger partial charge in [0.2, 0.25) is 5.91 Å². The van der Waals surface area contributed by atoms with Crippen molar-refractivity contribution in [1.82, 2.24) is 0 Å². The first-order valence-corrected chi connectivity index (χ1v) is 5.37. The Kier molecular flexibility index (Phi) is 2.84. The fraction of sp³-hybridized carbons (Fsp3) is 0.231. The van der Waals surface area contributed by atoms with Gasteiger partial charge in [0, 0.05) is 23.7 Å². The maximum Gasteiger partial charge on any atom is 0.219 e. The van der Waals surface area contributed by atoms with Crippen LogP contribution in [0.3, 0.4) is 0 Å². The van der Waals surface area contributed by atoms with Crippen LogP contribution >= 0.6 is 0 Å². The largest absolute Gasteiger partial charge is 0.381 e. The third kappa shape index (κ3) is 2.28. The van der Waals surface area contributed by atoms with Gasteiger partial charge >= 0.3 is 0 Å². The number of amides is 1. The molecule has 1 unspecified atom stereocenters. The molecule has 86 valence electrons. The molecule has 17 heavy (non-hydrogen) atoms. The minimum atomic E-state index is -0.326. The molecule has 0 bridgehead atoms. The summed E-state index contributed by atoms with van der Waals surface area (Å²) >= 11 is 0. The number of anilines is 1. The zero-order valence-electron chi connectivity index (χ0n) is 9.36. The molecule has 1 amide bonds. The van der Waals surface area contributed by atoms with Gasteiger partial charge in [0.05, 0.1) is 11.6 Å². The van der Waals surface area contributed by atoms with E-state index in [1.807, 2.05) is 12.1 Å². The fourth-order valence-electron chi connectivity index (χ4n) is 2.08. The van der Waals surface area contributed by atoms with Gasteiger partial charge < -0.3 is 11.1 Å². The van der Waals surface area contributed by atoms with E-state index in [0.29, 0.717) is 18.4 Å². The van der Waals surface area contributed by atoms with Gasteiger partial charge in [-0.1, -0.05) is 6.58 Å². The summed E-state index contributed by atoms with van der Waals surface area (Å²) in [7, 11) is 0. The van der Waals surface area contributed by atoms with Crippen LogP contribution in [0.5, 0.6) is 0 Å². The molecule has 1 heterocycles. The molecular weight excluding hydrogens is 214 g/mol. The average molecular weight is 227 g/mol. The number of carbonyl (C=O) groups excluding carboxylic acids is 1. The Bertz CT molecular complexity index is 528. The first kappa shape index (κ1) is 11.2. The average Bonchev–Trinajstić information content (AvgIpc) is 2.28. The van der Waals surface area contributed by atoms with E-state index in [1.165, 1.54) is 0 Å². The molecule has 0 saturated heterocycles. The van der Waals surface area contributed by atoms with Gasteiger partial charge in [0.15, 0.2) is 0 Å². The number of primary amides is 1. The molecule has 0 saturated carbocycles. The van der Waals surface area contributed by atoms with E-state index in [-0.39, 0.29) is 11.9 Å². The summed E-state index contributed by atoms with van der Waals surface area (Å²) in [5, 5.41) is 12.1. The van der Waals surface area contributed by atoms with Gasteiger partial charge in [-0.25, -0.2) is 0 Å². The van der Waals surface area contributed by atoms with Crippen molar-refractivity contribution < 1.29 is 4.79 Å². The van der Waals surface area contributed by atoms with Crippen molar-refractivity contribution in [2.75, 3.05) is 5.32 Å². The molecule has 4 heteroatoms. The second kappa shape index (κ2) is 4.30. The molecule has 1 atom stereocenters. The lowest BCUT2D eigenvalue weighted by molar-refractivity contribution is -0.118. The smallest absolute Gasteiger partial charge is 0.219 e. The number of nitrogens with zero attached hydrogens (tertiary/aromatic N) is 1. The summed E-state index contributed by atoms with van der Waals surface area (Å²) in [5.74, 6) is -0.326. The maximum atomic E-state index is 10.9. The molecule has 3 N–H and O–H groups in total. The van der Waals surface area contributed by atoms with Crippen molar-refractivity contribution in [3.05, 3.63) is 35.9 Å². The number of nitrogens with two attached hydrogens (primary N) is 1. The summed E-state index contributed by atoms with van der Waals surface area (Å²) in [6.07, 6.45) is 0.962. The summed E-state index contributed by atoms with van der Waals surface area (Å²) < 4.78 is 0. The Balaban J connectivity index is 2.29. The van der Waals surface area contributed by atoms with Crippen LogP contribution in [0.15, 0.2) is 24.8 Å². The summed E-state index contributed by atoms with van der Waals surface area (Å²) in [4.78, 5) is 10.9. The molecule has 1 aliphatic rings. The van der Waals surface area contributed by atoms with Crippen LogP contribution in [-0.2, 0) is 4.79 Å². The van der Waals surface area contributed by atoms with Crippen LogP contribution in [0.1, 0.15) is 24.0 Å². The lowest BCUT2D eigenvalue weighted by atomic mass is 9.91. The van der Waals surface area contributed by atoms with Gasteiger partial charge in [-0.15, -0.1) is 0 Å². The molecule has 0 spiro atoms. The van der Waals surface area contributed by atoms with Crippen molar-refractivity contribution in [3.8, 4) is 6.07 Å². The zero-order valence-corrected chi connectivity index (χ0v) is 9.36. The van der Waals surface area contributed by atoms with Crippen LogP contribution < -0.4 is 11.1 Å². The van der Waals surface area contributed by atoms with Gasteiger partial charge in [-0.05, 0) is 30.2 Å². The summed E-state index contributed by atoms with van der Waals surface area (Å²) in [6.45, 7) is 3.99. The Morgan fingerprint density at radius 3 is 3.06 bits per heavy atom. The number of nitriles is 1. The van der Waals surface area contributed by atoms with E-state index in [4.69, 9.17) is 11.0 Å².